The van der Waals surface area contributed by atoms with Gasteiger partial charge in [0.25, 0.3) is 0 Å². The summed E-state index contributed by atoms with van der Waals surface area (Å²) in [5.41, 5.74) is 0.0475. The molecule has 0 aromatic heterocycles. The fourth-order valence-corrected chi connectivity index (χ4v) is 1.58. The maximum absolute atomic E-state index is 13.6. The first-order chi connectivity index (χ1) is 8.52. The van der Waals surface area contributed by atoms with E-state index in [4.69, 9.17) is 4.74 Å². The van der Waals surface area contributed by atoms with Crippen LogP contribution in [0.15, 0.2) is 30.3 Å². The van der Waals surface area contributed by atoms with Crippen LogP contribution in [-0.4, -0.2) is 12.2 Å². The molecular formula is C13H9F3O2. The number of halogens is 3. The summed E-state index contributed by atoms with van der Waals surface area (Å²) in [6, 6.07) is 5.65. The molecule has 2 nitrogen and oxygen atoms in total. The van der Waals surface area contributed by atoms with Crippen molar-refractivity contribution in [3.63, 3.8) is 0 Å². The fraction of sp³-hybridized carbons (Fsp3) is 0.0769. The SMILES string of the molecule is COc1ccc(F)c(-c2cc(O)c(F)c(F)c2)c1. The summed E-state index contributed by atoms with van der Waals surface area (Å²) < 4.78 is 44.6. The monoisotopic (exact) mass is 254 g/mol. The van der Waals surface area contributed by atoms with Crippen LogP contribution < -0.4 is 4.74 Å². The fourth-order valence-electron chi connectivity index (χ4n) is 1.58. The molecule has 0 aliphatic carbocycles. The molecule has 18 heavy (non-hydrogen) atoms. The third-order valence-corrected chi connectivity index (χ3v) is 2.49. The largest absolute Gasteiger partial charge is 0.505 e. The molecule has 0 spiro atoms. The van der Waals surface area contributed by atoms with Gasteiger partial charge in [-0.15, -0.1) is 0 Å². The molecule has 0 fully saturated rings. The third kappa shape index (κ3) is 2.11. The lowest BCUT2D eigenvalue weighted by molar-refractivity contribution is 0.407. The first kappa shape index (κ1) is 12.3. The lowest BCUT2D eigenvalue weighted by Crippen LogP contribution is -1.91. The Morgan fingerprint density at radius 1 is 1.00 bits per heavy atom. The van der Waals surface area contributed by atoms with E-state index in [-0.39, 0.29) is 11.1 Å². The quantitative estimate of drug-likeness (QED) is 0.888. The van der Waals surface area contributed by atoms with Crippen LogP contribution in [0.1, 0.15) is 0 Å². The van der Waals surface area contributed by atoms with Gasteiger partial charge < -0.3 is 9.84 Å². The Labute approximate surface area is 101 Å². The molecule has 0 unspecified atom stereocenters. The molecule has 0 saturated carbocycles. The van der Waals surface area contributed by atoms with Gasteiger partial charge in [-0.3, -0.25) is 0 Å². The molecule has 0 radical (unpaired) electrons. The number of aromatic hydroxyl groups is 1. The summed E-state index contributed by atoms with van der Waals surface area (Å²) >= 11 is 0. The van der Waals surface area contributed by atoms with Crippen molar-refractivity contribution >= 4 is 0 Å². The van der Waals surface area contributed by atoms with Gasteiger partial charge in [-0.05, 0) is 35.9 Å². The summed E-state index contributed by atoms with van der Waals surface area (Å²) in [4.78, 5) is 0. The summed E-state index contributed by atoms with van der Waals surface area (Å²) in [5, 5.41) is 9.19. The highest BCUT2D eigenvalue weighted by Crippen LogP contribution is 2.31. The van der Waals surface area contributed by atoms with E-state index in [2.05, 4.69) is 0 Å². The molecule has 2 aromatic rings. The number of benzene rings is 2. The Morgan fingerprint density at radius 3 is 2.33 bits per heavy atom. The smallest absolute Gasteiger partial charge is 0.200 e. The lowest BCUT2D eigenvalue weighted by Gasteiger charge is -2.08. The Hall–Kier alpha value is -2.17. The molecule has 1 N–H and O–H groups in total. The van der Waals surface area contributed by atoms with E-state index in [9.17, 15) is 18.3 Å². The van der Waals surface area contributed by atoms with Gasteiger partial charge in [0, 0.05) is 5.56 Å². The Bertz CT molecular complexity index is 574. The second-order valence-corrected chi connectivity index (χ2v) is 3.64. The molecule has 0 saturated heterocycles. The molecule has 0 amide bonds. The topological polar surface area (TPSA) is 29.5 Å². The number of phenols is 1. The first-order valence-electron chi connectivity index (χ1n) is 5.05. The molecule has 0 aliphatic rings. The van der Waals surface area contributed by atoms with Crippen molar-refractivity contribution in [3.05, 3.63) is 47.8 Å². The second kappa shape index (κ2) is 4.60. The van der Waals surface area contributed by atoms with Crippen LogP contribution in [0.2, 0.25) is 0 Å². The third-order valence-electron chi connectivity index (χ3n) is 2.49. The molecule has 0 aliphatic heterocycles. The van der Waals surface area contributed by atoms with Crippen LogP contribution in [-0.2, 0) is 0 Å². The van der Waals surface area contributed by atoms with E-state index in [0.717, 1.165) is 18.2 Å². The number of methoxy groups -OCH3 is 1. The van der Waals surface area contributed by atoms with E-state index in [1.807, 2.05) is 0 Å². The van der Waals surface area contributed by atoms with Crippen molar-refractivity contribution in [1.29, 1.82) is 0 Å². The number of hydrogen-bond acceptors (Lipinski definition) is 2. The maximum atomic E-state index is 13.6. The van der Waals surface area contributed by atoms with E-state index in [1.54, 1.807) is 0 Å². The highest BCUT2D eigenvalue weighted by Gasteiger charge is 2.14. The van der Waals surface area contributed by atoms with E-state index in [1.165, 1.54) is 19.2 Å². The molecule has 0 atom stereocenters. The Kier molecular flexibility index (Phi) is 3.14. The zero-order valence-electron chi connectivity index (χ0n) is 9.38. The Balaban J connectivity index is 2.61. The predicted molar refractivity (Wildman–Crippen MR) is 60.0 cm³/mol. The number of phenolic OH excluding ortho intramolecular Hbond substituents is 1. The van der Waals surface area contributed by atoms with Gasteiger partial charge in [0.2, 0.25) is 0 Å². The lowest BCUT2D eigenvalue weighted by atomic mass is 10.0. The van der Waals surface area contributed by atoms with Crippen molar-refractivity contribution in [2.75, 3.05) is 7.11 Å². The average Bonchev–Trinajstić information content (AvgIpc) is 2.36. The summed E-state index contributed by atoms with van der Waals surface area (Å²) in [6.45, 7) is 0. The zero-order chi connectivity index (χ0) is 13.3. The highest BCUT2D eigenvalue weighted by molar-refractivity contribution is 5.67. The minimum atomic E-state index is -1.36. The molecule has 2 aromatic carbocycles. The van der Waals surface area contributed by atoms with E-state index >= 15 is 0 Å². The van der Waals surface area contributed by atoms with Crippen molar-refractivity contribution in [2.45, 2.75) is 0 Å². The van der Waals surface area contributed by atoms with Gasteiger partial charge in [0.05, 0.1) is 7.11 Å². The molecule has 2 rings (SSSR count). The van der Waals surface area contributed by atoms with Crippen molar-refractivity contribution in [2.24, 2.45) is 0 Å². The number of ether oxygens (including phenoxy) is 1. The average molecular weight is 254 g/mol. The van der Waals surface area contributed by atoms with Crippen LogP contribution in [0.25, 0.3) is 11.1 Å². The van der Waals surface area contributed by atoms with Gasteiger partial charge >= 0.3 is 0 Å². The Morgan fingerprint density at radius 2 is 1.72 bits per heavy atom. The summed E-state index contributed by atoms with van der Waals surface area (Å²) in [7, 11) is 1.40. The second-order valence-electron chi connectivity index (χ2n) is 3.64. The molecule has 0 heterocycles. The first-order valence-corrected chi connectivity index (χ1v) is 5.05. The molecular weight excluding hydrogens is 245 g/mol. The zero-order valence-corrected chi connectivity index (χ0v) is 9.38. The standard InChI is InChI=1S/C13H9F3O2/c1-18-8-2-3-10(14)9(6-8)7-4-11(15)13(16)12(17)5-7/h2-6,17H,1H3. The van der Waals surface area contributed by atoms with Gasteiger partial charge in [0.15, 0.2) is 17.4 Å². The highest BCUT2D eigenvalue weighted by atomic mass is 19.2. The van der Waals surface area contributed by atoms with Crippen molar-refractivity contribution in [1.82, 2.24) is 0 Å². The molecule has 94 valence electrons. The minimum Gasteiger partial charge on any atom is -0.505 e. The van der Waals surface area contributed by atoms with Gasteiger partial charge in [-0.25, -0.2) is 8.78 Å². The normalized spacial score (nSPS) is 10.4. The van der Waals surface area contributed by atoms with Crippen LogP contribution in [0, 0.1) is 17.5 Å². The molecule has 5 heteroatoms. The van der Waals surface area contributed by atoms with Crippen molar-refractivity contribution in [3.8, 4) is 22.6 Å². The van der Waals surface area contributed by atoms with Crippen LogP contribution in [0.5, 0.6) is 11.5 Å². The predicted octanol–water partition coefficient (Wildman–Crippen LogP) is 3.49. The van der Waals surface area contributed by atoms with Gasteiger partial charge in [-0.1, -0.05) is 0 Å². The van der Waals surface area contributed by atoms with Gasteiger partial charge in [-0.2, -0.15) is 4.39 Å². The minimum absolute atomic E-state index is 0.0172. The van der Waals surface area contributed by atoms with Crippen LogP contribution in [0.4, 0.5) is 13.2 Å². The maximum Gasteiger partial charge on any atom is 0.200 e. The van der Waals surface area contributed by atoms with Crippen molar-refractivity contribution < 1.29 is 23.0 Å². The number of rotatable bonds is 2. The van der Waals surface area contributed by atoms with Crippen LogP contribution >= 0.6 is 0 Å². The summed E-state index contributed by atoms with van der Waals surface area (Å²) in [6.07, 6.45) is 0. The number of hydrogen-bond donors (Lipinski definition) is 1. The molecule has 0 bridgehead atoms. The summed E-state index contributed by atoms with van der Waals surface area (Å²) in [5.74, 6) is -3.72. The van der Waals surface area contributed by atoms with E-state index < -0.39 is 23.2 Å². The van der Waals surface area contributed by atoms with E-state index in [0.29, 0.717) is 5.75 Å². The van der Waals surface area contributed by atoms with Gasteiger partial charge in [0.1, 0.15) is 11.6 Å². The van der Waals surface area contributed by atoms with Crippen LogP contribution in [0.3, 0.4) is 0 Å².